The standard InChI is InChI=1S/C15H17N3O4S2/c1-23-9-6-10(16-14(20)11-4-2-7-22-11)13(19)17-18-15(21)12-5-3-8-24-12/h2-5,7-8,10H,6,9H2,1H3,(H,16,20)(H,17,19)(H,18,21). The average molecular weight is 367 g/mol. The summed E-state index contributed by atoms with van der Waals surface area (Å²) in [5, 5.41) is 4.37. The molecule has 128 valence electrons. The highest BCUT2D eigenvalue weighted by Crippen LogP contribution is 2.07. The number of carbonyl (C=O) groups excluding carboxylic acids is 3. The highest BCUT2D eigenvalue weighted by Gasteiger charge is 2.22. The van der Waals surface area contributed by atoms with Crippen LogP contribution in [0, 0.1) is 0 Å². The monoisotopic (exact) mass is 367 g/mol. The van der Waals surface area contributed by atoms with Crippen molar-refractivity contribution in [1.82, 2.24) is 16.2 Å². The maximum atomic E-state index is 12.3. The van der Waals surface area contributed by atoms with Crippen LogP contribution in [0.25, 0.3) is 0 Å². The van der Waals surface area contributed by atoms with E-state index >= 15 is 0 Å². The minimum atomic E-state index is -0.779. The van der Waals surface area contributed by atoms with E-state index in [1.54, 1.807) is 35.3 Å². The Labute approximate surface area is 147 Å². The number of hydrazine groups is 1. The Morgan fingerprint density at radius 1 is 1.21 bits per heavy atom. The van der Waals surface area contributed by atoms with Gasteiger partial charge in [0.15, 0.2) is 5.76 Å². The van der Waals surface area contributed by atoms with E-state index in [4.69, 9.17) is 4.42 Å². The van der Waals surface area contributed by atoms with Crippen molar-refractivity contribution >= 4 is 40.8 Å². The number of thiophene rings is 1. The third-order valence-electron chi connectivity index (χ3n) is 3.02. The van der Waals surface area contributed by atoms with Crippen molar-refractivity contribution in [3.63, 3.8) is 0 Å². The van der Waals surface area contributed by atoms with E-state index in [9.17, 15) is 14.4 Å². The molecule has 7 nitrogen and oxygen atoms in total. The van der Waals surface area contributed by atoms with Gasteiger partial charge in [0.1, 0.15) is 6.04 Å². The molecule has 0 aliphatic carbocycles. The van der Waals surface area contributed by atoms with Crippen LogP contribution in [0.5, 0.6) is 0 Å². The fourth-order valence-corrected chi connectivity index (χ4v) is 2.91. The lowest BCUT2D eigenvalue weighted by molar-refractivity contribution is -0.123. The number of hydrogen-bond acceptors (Lipinski definition) is 6. The van der Waals surface area contributed by atoms with Gasteiger partial charge >= 0.3 is 0 Å². The van der Waals surface area contributed by atoms with Crippen LogP contribution in [-0.2, 0) is 4.79 Å². The summed E-state index contributed by atoms with van der Waals surface area (Å²) in [6.07, 6.45) is 3.71. The third-order valence-corrected chi connectivity index (χ3v) is 4.53. The minimum absolute atomic E-state index is 0.125. The lowest BCUT2D eigenvalue weighted by Gasteiger charge is -2.17. The topological polar surface area (TPSA) is 100 Å². The van der Waals surface area contributed by atoms with Crippen molar-refractivity contribution in [3.05, 3.63) is 46.5 Å². The van der Waals surface area contributed by atoms with Crippen molar-refractivity contribution < 1.29 is 18.8 Å². The largest absolute Gasteiger partial charge is 0.459 e. The Morgan fingerprint density at radius 3 is 2.67 bits per heavy atom. The molecular weight excluding hydrogens is 350 g/mol. The Balaban J connectivity index is 1.92. The highest BCUT2D eigenvalue weighted by molar-refractivity contribution is 7.98. The summed E-state index contributed by atoms with van der Waals surface area (Å²) in [5.41, 5.74) is 4.68. The molecule has 1 atom stereocenters. The molecule has 2 rings (SSSR count). The van der Waals surface area contributed by atoms with Crippen LogP contribution in [0.3, 0.4) is 0 Å². The zero-order chi connectivity index (χ0) is 17.4. The first-order valence-electron chi connectivity index (χ1n) is 7.09. The molecule has 24 heavy (non-hydrogen) atoms. The first-order valence-corrected chi connectivity index (χ1v) is 9.36. The van der Waals surface area contributed by atoms with Crippen LogP contribution >= 0.6 is 23.1 Å². The number of thioether (sulfide) groups is 1. The van der Waals surface area contributed by atoms with Crippen molar-refractivity contribution in [2.45, 2.75) is 12.5 Å². The summed E-state index contributed by atoms with van der Waals surface area (Å²) in [6.45, 7) is 0. The van der Waals surface area contributed by atoms with E-state index < -0.39 is 23.8 Å². The Kier molecular flexibility index (Phi) is 6.89. The van der Waals surface area contributed by atoms with Crippen LogP contribution < -0.4 is 16.2 Å². The lowest BCUT2D eigenvalue weighted by atomic mass is 10.2. The first kappa shape index (κ1) is 18.1. The molecule has 0 aromatic carbocycles. The second kappa shape index (κ2) is 9.14. The van der Waals surface area contributed by atoms with E-state index in [1.165, 1.54) is 23.7 Å². The van der Waals surface area contributed by atoms with E-state index in [0.29, 0.717) is 17.1 Å². The van der Waals surface area contributed by atoms with Crippen molar-refractivity contribution in [2.75, 3.05) is 12.0 Å². The second-order valence-electron chi connectivity index (χ2n) is 4.71. The van der Waals surface area contributed by atoms with Gasteiger partial charge in [0.05, 0.1) is 11.1 Å². The molecule has 2 aromatic rings. The van der Waals surface area contributed by atoms with Gasteiger partial charge in [-0.3, -0.25) is 25.2 Å². The Hall–Kier alpha value is -2.26. The smallest absolute Gasteiger partial charge is 0.287 e. The molecule has 0 radical (unpaired) electrons. The van der Waals surface area contributed by atoms with Crippen LogP contribution in [0.1, 0.15) is 26.6 Å². The molecule has 0 fully saturated rings. The first-order chi connectivity index (χ1) is 11.6. The van der Waals surface area contributed by atoms with Gasteiger partial charge in [0, 0.05) is 0 Å². The molecule has 2 aromatic heterocycles. The van der Waals surface area contributed by atoms with E-state index in [2.05, 4.69) is 16.2 Å². The molecule has 0 saturated carbocycles. The van der Waals surface area contributed by atoms with Crippen molar-refractivity contribution in [1.29, 1.82) is 0 Å². The van der Waals surface area contributed by atoms with Crippen molar-refractivity contribution in [2.24, 2.45) is 0 Å². The summed E-state index contributed by atoms with van der Waals surface area (Å²) >= 11 is 2.82. The van der Waals surface area contributed by atoms with Gasteiger partial charge in [-0.2, -0.15) is 11.8 Å². The van der Waals surface area contributed by atoms with Crippen LogP contribution in [0.4, 0.5) is 0 Å². The summed E-state index contributed by atoms with van der Waals surface area (Å²) in [7, 11) is 0. The average Bonchev–Trinajstić information content (AvgIpc) is 3.29. The fourth-order valence-electron chi connectivity index (χ4n) is 1.82. The molecule has 0 aliphatic rings. The molecule has 1 unspecified atom stereocenters. The molecule has 3 N–H and O–H groups in total. The third kappa shape index (κ3) is 5.14. The van der Waals surface area contributed by atoms with Gasteiger partial charge in [-0.15, -0.1) is 11.3 Å². The van der Waals surface area contributed by atoms with Crippen LogP contribution in [0.15, 0.2) is 40.3 Å². The molecule has 9 heteroatoms. The molecule has 3 amide bonds. The molecular formula is C15H17N3O4S2. The number of nitrogens with one attached hydrogen (secondary N) is 3. The van der Waals surface area contributed by atoms with E-state index in [0.717, 1.165) is 0 Å². The quantitative estimate of drug-likeness (QED) is 0.646. The number of furan rings is 1. The molecule has 0 bridgehead atoms. The Bertz CT molecular complexity index is 671. The summed E-state index contributed by atoms with van der Waals surface area (Å²) in [6, 6.07) is 5.71. The number of rotatable bonds is 7. The number of hydrogen-bond donors (Lipinski definition) is 3. The van der Waals surface area contributed by atoms with Gasteiger partial charge in [-0.25, -0.2) is 0 Å². The maximum Gasteiger partial charge on any atom is 0.287 e. The molecule has 2 heterocycles. The Morgan fingerprint density at radius 2 is 2.04 bits per heavy atom. The van der Waals surface area contributed by atoms with Gasteiger partial charge in [-0.05, 0) is 42.0 Å². The predicted octanol–water partition coefficient (Wildman–Crippen LogP) is 1.65. The zero-order valence-corrected chi connectivity index (χ0v) is 14.5. The molecule has 0 saturated heterocycles. The lowest BCUT2D eigenvalue weighted by Crippen LogP contribution is -2.52. The predicted molar refractivity (Wildman–Crippen MR) is 92.9 cm³/mol. The van der Waals surface area contributed by atoms with Gasteiger partial charge in [0.2, 0.25) is 0 Å². The van der Waals surface area contributed by atoms with Gasteiger partial charge < -0.3 is 9.73 Å². The van der Waals surface area contributed by atoms with Gasteiger partial charge in [0.25, 0.3) is 17.7 Å². The van der Waals surface area contributed by atoms with Gasteiger partial charge in [-0.1, -0.05) is 6.07 Å². The summed E-state index contributed by atoms with van der Waals surface area (Å²) in [5.74, 6) is -0.575. The molecule has 0 aliphatic heterocycles. The summed E-state index contributed by atoms with van der Waals surface area (Å²) in [4.78, 5) is 36.6. The molecule has 0 spiro atoms. The number of amides is 3. The van der Waals surface area contributed by atoms with E-state index in [-0.39, 0.29) is 5.76 Å². The zero-order valence-electron chi connectivity index (χ0n) is 12.9. The second-order valence-corrected chi connectivity index (χ2v) is 6.64. The summed E-state index contributed by atoms with van der Waals surface area (Å²) < 4.78 is 5.01. The minimum Gasteiger partial charge on any atom is -0.459 e. The number of carbonyl (C=O) groups is 3. The van der Waals surface area contributed by atoms with Crippen LogP contribution in [-0.4, -0.2) is 35.8 Å². The normalized spacial score (nSPS) is 11.5. The highest BCUT2D eigenvalue weighted by atomic mass is 32.2. The maximum absolute atomic E-state index is 12.3. The van der Waals surface area contributed by atoms with Crippen molar-refractivity contribution in [3.8, 4) is 0 Å². The fraction of sp³-hybridized carbons (Fsp3) is 0.267. The van der Waals surface area contributed by atoms with Crippen LogP contribution in [0.2, 0.25) is 0 Å². The van der Waals surface area contributed by atoms with E-state index in [1.807, 2.05) is 6.26 Å². The SMILES string of the molecule is CSCCC(NC(=O)c1ccco1)C(=O)NNC(=O)c1cccs1.